The molecule has 0 aliphatic carbocycles. The molecule has 0 aromatic heterocycles. The van der Waals surface area contributed by atoms with Crippen LogP contribution in [0.15, 0.2) is 60.7 Å². The summed E-state index contributed by atoms with van der Waals surface area (Å²) in [6.07, 6.45) is 1.57. The molecule has 0 fully saturated rings. The Morgan fingerprint density at radius 3 is 1.65 bits per heavy atom. The summed E-state index contributed by atoms with van der Waals surface area (Å²) in [5, 5.41) is 0. The average molecular weight is 271 g/mol. The molecule has 0 N–H and O–H groups in total. The summed E-state index contributed by atoms with van der Waals surface area (Å²) < 4.78 is 12.3. The Morgan fingerprint density at radius 2 is 1.20 bits per heavy atom. The molecule has 2 heteroatoms. The number of benzene rings is 2. The van der Waals surface area contributed by atoms with E-state index < -0.39 is 0 Å². The number of halogens is 1. The first kappa shape index (κ1) is 14.7. The van der Waals surface area contributed by atoms with Crippen molar-refractivity contribution < 1.29 is 4.39 Å². The van der Waals surface area contributed by atoms with Gasteiger partial charge in [0.2, 0.25) is 0 Å². The normalized spacial score (nSPS) is 10.9. The molecular formula is C18H22FN. The van der Waals surface area contributed by atoms with Crippen LogP contribution in [0, 0.1) is 0 Å². The van der Waals surface area contributed by atoms with Crippen LogP contribution in [0.5, 0.6) is 0 Å². The second kappa shape index (κ2) is 8.49. The van der Waals surface area contributed by atoms with E-state index >= 15 is 0 Å². The topological polar surface area (TPSA) is 3.24 Å². The molecule has 0 saturated carbocycles. The van der Waals surface area contributed by atoms with E-state index in [0.717, 1.165) is 26.1 Å². The van der Waals surface area contributed by atoms with Crippen LogP contribution in [0.4, 0.5) is 4.39 Å². The third-order valence-electron chi connectivity index (χ3n) is 3.36. The Morgan fingerprint density at radius 1 is 0.700 bits per heavy atom. The third kappa shape index (κ3) is 5.14. The molecule has 0 spiro atoms. The first-order valence-corrected chi connectivity index (χ1v) is 7.24. The smallest absolute Gasteiger partial charge is 0.0894 e. The van der Waals surface area contributed by atoms with Crippen molar-refractivity contribution in [3.05, 3.63) is 71.8 Å². The van der Waals surface area contributed by atoms with Gasteiger partial charge in [0.25, 0.3) is 0 Å². The van der Waals surface area contributed by atoms with Gasteiger partial charge in [-0.25, -0.2) is 0 Å². The van der Waals surface area contributed by atoms with Gasteiger partial charge in [-0.1, -0.05) is 60.7 Å². The van der Waals surface area contributed by atoms with E-state index in [1.807, 2.05) is 12.1 Å². The molecule has 2 aromatic rings. The summed E-state index contributed by atoms with van der Waals surface area (Å²) in [5.74, 6) is 0. The highest BCUT2D eigenvalue weighted by Gasteiger charge is 2.06. The van der Waals surface area contributed by atoms with Gasteiger partial charge in [-0.15, -0.1) is 0 Å². The molecule has 2 aromatic carbocycles. The predicted molar refractivity (Wildman–Crippen MR) is 82.2 cm³/mol. The largest absolute Gasteiger partial charge is 0.295 e. The predicted octanol–water partition coefficient (Wildman–Crippen LogP) is 4.44. The SMILES string of the molecule is FCCCCN(Cc1ccccc1)Cc1ccccc1. The van der Waals surface area contributed by atoms with Crippen molar-refractivity contribution in [3.63, 3.8) is 0 Å². The van der Waals surface area contributed by atoms with Gasteiger partial charge in [0.05, 0.1) is 6.67 Å². The van der Waals surface area contributed by atoms with E-state index in [0.29, 0.717) is 6.42 Å². The molecule has 0 saturated heterocycles. The first-order valence-electron chi connectivity index (χ1n) is 7.24. The fraction of sp³-hybridized carbons (Fsp3) is 0.333. The zero-order chi connectivity index (χ0) is 14.0. The van der Waals surface area contributed by atoms with Gasteiger partial charge in [0.15, 0.2) is 0 Å². The minimum atomic E-state index is -0.218. The maximum atomic E-state index is 12.3. The number of alkyl halides is 1. The van der Waals surface area contributed by atoms with Crippen molar-refractivity contribution in [2.24, 2.45) is 0 Å². The van der Waals surface area contributed by atoms with Gasteiger partial charge in [-0.2, -0.15) is 0 Å². The number of nitrogens with zero attached hydrogens (tertiary/aromatic N) is 1. The minimum Gasteiger partial charge on any atom is -0.295 e. The van der Waals surface area contributed by atoms with Gasteiger partial charge < -0.3 is 0 Å². The molecule has 0 aliphatic rings. The van der Waals surface area contributed by atoms with Crippen LogP contribution in [0.2, 0.25) is 0 Å². The Bertz CT molecular complexity index is 428. The van der Waals surface area contributed by atoms with Crippen molar-refractivity contribution in [1.29, 1.82) is 0 Å². The molecule has 0 unspecified atom stereocenters. The zero-order valence-electron chi connectivity index (χ0n) is 11.8. The Labute approximate surface area is 121 Å². The van der Waals surface area contributed by atoms with Crippen LogP contribution in [0.1, 0.15) is 24.0 Å². The molecule has 106 valence electrons. The van der Waals surface area contributed by atoms with E-state index in [1.54, 1.807) is 0 Å². The van der Waals surface area contributed by atoms with Gasteiger partial charge in [-0.3, -0.25) is 9.29 Å². The van der Waals surface area contributed by atoms with Crippen LogP contribution in [0.25, 0.3) is 0 Å². The van der Waals surface area contributed by atoms with Gasteiger partial charge >= 0.3 is 0 Å². The standard InChI is InChI=1S/C18H22FN/c19-13-7-8-14-20(15-17-9-3-1-4-10-17)16-18-11-5-2-6-12-18/h1-6,9-12H,7-8,13-16H2. The maximum absolute atomic E-state index is 12.3. The summed E-state index contributed by atoms with van der Waals surface area (Å²) in [6.45, 7) is 2.56. The van der Waals surface area contributed by atoms with Crippen LogP contribution in [-0.4, -0.2) is 18.1 Å². The highest BCUT2D eigenvalue weighted by molar-refractivity contribution is 5.17. The fourth-order valence-corrected chi connectivity index (χ4v) is 2.33. The first-order chi connectivity index (χ1) is 9.88. The van der Waals surface area contributed by atoms with Gasteiger partial charge in [-0.05, 0) is 30.5 Å². The molecule has 0 bridgehead atoms. The Kier molecular flexibility index (Phi) is 6.25. The lowest BCUT2D eigenvalue weighted by atomic mass is 10.1. The van der Waals surface area contributed by atoms with Crippen LogP contribution in [-0.2, 0) is 13.1 Å². The van der Waals surface area contributed by atoms with Crippen LogP contribution >= 0.6 is 0 Å². The van der Waals surface area contributed by atoms with Crippen molar-refractivity contribution in [1.82, 2.24) is 4.90 Å². The second-order valence-corrected chi connectivity index (χ2v) is 5.08. The summed E-state index contributed by atoms with van der Waals surface area (Å²) in [5.41, 5.74) is 2.62. The highest BCUT2D eigenvalue weighted by atomic mass is 19.1. The fourth-order valence-electron chi connectivity index (χ4n) is 2.33. The molecule has 1 nitrogen and oxygen atoms in total. The van der Waals surface area contributed by atoms with Crippen molar-refractivity contribution in [2.75, 3.05) is 13.2 Å². The van der Waals surface area contributed by atoms with Crippen molar-refractivity contribution in [3.8, 4) is 0 Å². The third-order valence-corrected chi connectivity index (χ3v) is 3.36. The van der Waals surface area contributed by atoms with Crippen LogP contribution in [0.3, 0.4) is 0 Å². The molecule has 2 rings (SSSR count). The lowest BCUT2D eigenvalue weighted by Crippen LogP contribution is -2.24. The molecule has 0 radical (unpaired) electrons. The summed E-state index contributed by atoms with van der Waals surface area (Å²) in [4.78, 5) is 2.39. The lowest BCUT2D eigenvalue weighted by molar-refractivity contribution is 0.247. The monoisotopic (exact) mass is 271 g/mol. The Balaban J connectivity index is 1.96. The molecule has 0 aliphatic heterocycles. The quantitative estimate of drug-likeness (QED) is 0.642. The number of unbranched alkanes of at least 4 members (excludes halogenated alkanes) is 1. The zero-order valence-corrected chi connectivity index (χ0v) is 11.8. The Hall–Kier alpha value is -1.67. The molecule has 0 heterocycles. The lowest BCUT2D eigenvalue weighted by Gasteiger charge is -2.22. The summed E-state index contributed by atoms with van der Waals surface area (Å²) in [6, 6.07) is 20.9. The minimum absolute atomic E-state index is 0.218. The highest BCUT2D eigenvalue weighted by Crippen LogP contribution is 2.11. The van der Waals surface area contributed by atoms with E-state index in [2.05, 4.69) is 53.4 Å². The summed E-state index contributed by atoms with van der Waals surface area (Å²) in [7, 11) is 0. The van der Waals surface area contributed by atoms with Gasteiger partial charge in [0, 0.05) is 13.1 Å². The number of rotatable bonds is 8. The van der Waals surface area contributed by atoms with Crippen molar-refractivity contribution >= 4 is 0 Å². The molecular weight excluding hydrogens is 249 g/mol. The molecule has 0 amide bonds. The molecule has 0 atom stereocenters. The summed E-state index contributed by atoms with van der Waals surface area (Å²) >= 11 is 0. The van der Waals surface area contributed by atoms with Crippen molar-refractivity contribution in [2.45, 2.75) is 25.9 Å². The second-order valence-electron chi connectivity index (χ2n) is 5.08. The van der Waals surface area contributed by atoms with E-state index in [4.69, 9.17) is 0 Å². The van der Waals surface area contributed by atoms with Gasteiger partial charge in [0.1, 0.15) is 0 Å². The average Bonchev–Trinajstić information content (AvgIpc) is 2.49. The maximum Gasteiger partial charge on any atom is 0.0894 e. The van der Waals surface area contributed by atoms with E-state index in [-0.39, 0.29) is 6.67 Å². The van der Waals surface area contributed by atoms with E-state index in [9.17, 15) is 4.39 Å². The van der Waals surface area contributed by atoms with E-state index in [1.165, 1.54) is 11.1 Å². The number of hydrogen-bond acceptors (Lipinski definition) is 1. The number of hydrogen-bond donors (Lipinski definition) is 0. The van der Waals surface area contributed by atoms with Crippen LogP contribution < -0.4 is 0 Å². The molecule has 20 heavy (non-hydrogen) atoms.